The number of benzene rings is 1. The molecule has 1 saturated heterocycles. The molecule has 3 heterocycles. The third-order valence-corrected chi connectivity index (χ3v) is 5.97. The molecule has 1 amide bonds. The van der Waals surface area contributed by atoms with E-state index in [2.05, 4.69) is 20.4 Å². The molecule has 3 aromatic rings. The van der Waals surface area contributed by atoms with E-state index in [4.69, 9.17) is 9.15 Å². The molecule has 1 aromatic carbocycles. The lowest BCUT2D eigenvalue weighted by Gasteiger charge is -2.27. The van der Waals surface area contributed by atoms with Crippen LogP contribution in [0.4, 0.5) is 5.95 Å². The molecule has 1 aliphatic heterocycles. The van der Waals surface area contributed by atoms with Crippen LogP contribution in [0.5, 0.6) is 5.75 Å². The zero-order valence-electron chi connectivity index (χ0n) is 17.4. The number of furan rings is 1. The van der Waals surface area contributed by atoms with Gasteiger partial charge in [0.1, 0.15) is 18.1 Å². The lowest BCUT2D eigenvalue weighted by Crippen LogP contribution is -2.32. The Hall–Kier alpha value is -2.94. The fourth-order valence-corrected chi connectivity index (χ4v) is 4.23. The number of hydrogen-bond donors (Lipinski definition) is 1. The summed E-state index contributed by atoms with van der Waals surface area (Å²) < 4.78 is 13.2. The summed E-state index contributed by atoms with van der Waals surface area (Å²) in [6.07, 6.45) is 5.23. The quantitative estimate of drug-likeness (QED) is 0.382. The molecular weight excluding hydrogens is 414 g/mol. The van der Waals surface area contributed by atoms with Gasteiger partial charge >= 0.3 is 0 Å². The highest BCUT2D eigenvalue weighted by molar-refractivity contribution is 7.99. The minimum absolute atomic E-state index is 0.0614. The van der Waals surface area contributed by atoms with Crippen LogP contribution in [0.3, 0.4) is 0 Å². The molecule has 9 heteroatoms. The van der Waals surface area contributed by atoms with Gasteiger partial charge < -0.3 is 19.4 Å². The Morgan fingerprint density at radius 1 is 1.10 bits per heavy atom. The van der Waals surface area contributed by atoms with E-state index in [-0.39, 0.29) is 11.7 Å². The van der Waals surface area contributed by atoms with Gasteiger partial charge in [-0.25, -0.2) is 0 Å². The molecule has 0 spiro atoms. The molecule has 0 bridgehead atoms. The molecule has 2 aromatic heterocycles. The van der Waals surface area contributed by atoms with Gasteiger partial charge in [-0.15, -0.1) is 10.2 Å². The number of ether oxygens (including phenoxy) is 1. The third kappa shape index (κ3) is 6.04. The fraction of sp³-hybridized carbons (Fsp3) is 0.409. The van der Waals surface area contributed by atoms with Gasteiger partial charge in [0.2, 0.25) is 11.9 Å². The van der Waals surface area contributed by atoms with Crippen molar-refractivity contribution in [1.29, 1.82) is 0 Å². The van der Waals surface area contributed by atoms with E-state index in [1.807, 2.05) is 47.0 Å². The number of amides is 1. The molecule has 0 aliphatic carbocycles. The Kier molecular flexibility index (Phi) is 7.49. The van der Waals surface area contributed by atoms with Crippen molar-refractivity contribution in [3.63, 3.8) is 0 Å². The Morgan fingerprint density at radius 3 is 2.71 bits per heavy atom. The fourth-order valence-electron chi connectivity index (χ4n) is 3.47. The van der Waals surface area contributed by atoms with E-state index in [0.29, 0.717) is 24.9 Å². The molecule has 8 nitrogen and oxygen atoms in total. The van der Waals surface area contributed by atoms with Crippen LogP contribution in [0.25, 0.3) is 0 Å². The van der Waals surface area contributed by atoms with Crippen molar-refractivity contribution in [3.05, 3.63) is 54.5 Å². The molecule has 1 aliphatic rings. The van der Waals surface area contributed by atoms with Crippen molar-refractivity contribution in [3.8, 4) is 5.75 Å². The van der Waals surface area contributed by atoms with Gasteiger partial charge in [-0.1, -0.05) is 30.0 Å². The molecule has 0 atom stereocenters. The first-order valence-electron chi connectivity index (χ1n) is 10.6. The number of nitrogens with one attached hydrogen (secondary N) is 1. The zero-order chi connectivity index (χ0) is 21.3. The maximum atomic E-state index is 12.3. The Bertz CT molecular complexity index is 939. The lowest BCUT2D eigenvalue weighted by molar-refractivity contribution is -0.118. The summed E-state index contributed by atoms with van der Waals surface area (Å²) in [7, 11) is 0. The normalized spacial score (nSPS) is 13.9. The van der Waals surface area contributed by atoms with Crippen LogP contribution in [0, 0.1) is 0 Å². The molecule has 164 valence electrons. The molecular formula is C22H27N5O3S. The van der Waals surface area contributed by atoms with Crippen molar-refractivity contribution < 1.29 is 13.9 Å². The Balaban J connectivity index is 1.31. The number of hydrogen-bond acceptors (Lipinski definition) is 7. The summed E-state index contributed by atoms with van der Waals surface area (Å²) in [6, 6.07) is 13.4. The molecule has 1 N–H and O–H groups in total. The summed E-state index contributed by atoms with van der Waals surface area (Å²) in [5.74, 6) is 2.68. The number of nitrogens with zero attached hydrogens (tertiary/aromatic N) is 4. The predicted octanol–water partition coefficient (Wildman–Crippen LogP) is 3.20. The summed E-state index contributed by atoms with van der Waals surface area (Å²) >= 11 is 1.38. The van der Waals surface area contributed by atoms with Crippen LogP contribution in [-0.4, -0.2) is 52.7 Å². The number of piperidine rings is 1. The number of anilines is 1. The van der Waals surface area contributed by atoms with Crippen molar-refractivity contribution in [2.24, 2.45) is 0 Å². The van der Waals surface area contributed by atoms with Gasteiger partial charge in [0.05, 0.1) is 25.1 Å². The second kappa shape index (κ2) is 10.9. The van der Waals surface area contributed by atoms with Crippen LogP contribution >= 0.6 is 11.8 Å². The maximum absolute atomic E-state index is 12.3. The largest absolute Gasteiger partial charge is 0.492 e. The van der Waals surface area contributed by atoms with Crippen LogP contribution in [0.2, 0.25) is 0 Å². The van der Waals surface area contributed by atoms with E-state index in [0.717, 1.165) is 43.4 Å². The molecule has 0 saturated carbocycles. The SMILES string of the molecule is O=C(CSc1nnc(N2CCCCC2)n1Cc1ccco1)NCCOc1ccccc1. The smallest absolute Gasteiger partial charge is 0.230 e. The number of thioether (sulfide) groups is 1. The first-order chi connectivity index (χ1) is 15.3. The molecule has 31 heavy (non-hydrogen) atoms. The van der Waals surface area contributed by atoms with Crippen molar-refractivity contribution in [2.75, 3.05) is 36.9 Å². The van der Waals surface area contributed by atoms with Crippen LogP contribution in [0.1, 0.15) is 25.0 Å². The molecule has 4 rings (SSSR count). The zero-order valence-corrected chi connectivity index (χ0v) is 18.2. The lowest BCUT2D eigenvalue weighted by atomic mass is 10.1. The highest BCUT2D eigenvalue weighted by atomic mass is 32.2. The summed E-state index contributed by atoms with van der Waals surface area (Å²) in [4.78, 5) is 14.6. The van der Waals surface area contributed by atoms with Crippen molar-refractivity contribution in [1.82, 2.24) is 20.1 Å². The number of para-hydroxylation sites is 1. The van der Waals surface area contributed by atoms with Crippen LogP contribution < -0.4 is 15.0 Å². The standard InChI is InChI=1S/C22H27N5O3S/c28-20(23-11-15-30-18-8-3-1-4-9-18)17-31-22-25-24-21(26-12-5-2-6-13-26)27(22)16-19-10-7-14-29-19/h1,3-4,7-10,14H,2,5-6,11-13,15-17H2,(H,23,28). The highest BCUT2D eigenvalue weighted by Gasteiger charge is 2.21. The maximum Gasteiger partial charge on any atom is 0.230 e. The predicted molar refractivity (Wildman–Crippen MR) is 120 cm³/mol. The minimum atomic E-state index is -0.0614. The van der Waals surface area contributed by atoms with E-state index in [1.54, 1.807) is 6.26 Å². The molecule has 0 radical (unpaired) electrons. The van der Waals surface area contributed by atoms with Crippen LogP contribution in [-0.2, 0) is 11.3 Å². The van der Waals surface area contributed by atoms with Gasteiger partial charge in [-0.2, -0.15) is 0 Å². The first-order valence-corrected chi connectivity index (χ1v) is 11.6. The van der Waals surface area contributed by atoms with Gasteiger partial charge in [0, 0.05) is 13.1 Å². The van der Waals surface area contributed by atoms with Crippen molar-refractivity contribution >= 4 is 23.6 Å². The molecule has 1 fully saturated rings. The van der Waals surface area contributed by atoms with Gasteiger partial charge in [0.15, 0.2) is 5.16 Å². The second-order valence-electron chi connectivity index (χ2n) is 7.30. The van der Waals surface area contributed by atoms with Gasteiger partial charge in [0.25, 0.3) is 0 Å². The summed E-state index contributed by atoms with van der Waals surface area (Å²) in [5, 5.41) is 12.4. The first kappa shape index (κ1) is 21.3. The topological polar surface area (TPSA) is 85.4 Å². The number of rotatable bonds is 10. The monoisotopic (exact) mass is 441 g/mol. The second-order valence-corrected chi connectivity index (χ2v) is 8.24. The third-order valence-electron chi connectivity index (χ3n) is 5.00. The number of carbonyl (C=O) groups is 1. The Morgan fingerprint density at radius 2 is 1.94 bits per heavy atom. The van der Waals surface area contributed by atoms with Crippen LogP contribution in [0.15, 0.2) is 58.3 Å². The Labute approximate surface area is 186 Å². The van der Waals surface area contributed by atoms with Gasteiger partial charge in [-0.3, -0.25) is 9.36 Å². The average Bonchev–Trinajstić information content (AvgIpc) is 3.47. The number of carbonyl (C=O) groups excluding carboxylic acids is 1. The minimum Gasteiger partial charge on any atom is -0.492 e. The molecule has 0 unspecified atom stereocenters. The van der Waals surface area contributed by atoms with Gasteiger partial charge in [-0.05, 0) is 43.5 Å². The summed E-state index contributed by atoms with van der Waals surface area (Å²) in [5.41, 5.74) is 0. The average molecular weight is 442 g/mol. The van der Waals surface area contributed by atoms with E-state index in [1.165, 1.54) is 18.2 Å². The van der Waals surface area contributed by atoms with E-state index >= 15 is 0 Å². The van der Waals surface area contributed by atoms with E-state index in [9.17, 15) is 4.79 Å². The highest BCUT2D eigenvalue weighted by Crippen LogP contribution is 2.25. The summed E-state index contributed by atoms with van der Waals surface area (Å²) in [6.45, 7) is 3.37. The van der Waals surface area contributed by atoms with Crippen molar-refractivity contribution in [2.45, 2.75) is 31.0 Å². The van der Waals surface area contributed by atoms with E-state index < -0.39 is 0 Å². The number of aromatic nitrogens is 3.